The molecular weight excluding hydrogens is 266 g/mol. The third-order valence-electron chi connectivity index (χ3n) is 4.93. The van der Waals surface area contributed by atoms with Gasteiger partial charge in [0.25, 0.3) is 0 Å². The quantitative estimate of drug-likeness (QED) is 0.657. The second-order valence-corrected chi connectivity index (χ2v) is 6.25. The van der Waals surface area contributed by atoms with Gasteiger partial charge in [-0.1, -0.05) is 6.07 Å². The Morgan fingerprint density at radius 1 is 1.38 bits per heavy atom. The Morgan fingerprint density at radius 3 is 2.90 bits per heavy atom. The Morgan fingerprint density at radius 2 is 2.19 bits per heavy atom. The van der Waals surface area contributed by atoms with Crippen LogP contribution in [0, 0.1) is 12.8 Å². The minimum absolute atomic E-state index is 0.0149. The Labute approximate surface area is 126 Å². The standard InChI is InChI=1S/C16H25N3O2/c1-12-3-2-7-18-14(12)15(19-17)13-4-8-21-16(11-13)5-9-20-10-6-16/h2-3,7,13,15,19H,4-6,8-11,17H2,1H3. The third-order valence-corrected chi connectivity index (χ3v) is 4.93. The van der Waals surface area contributed by atoms with Gasteiger partial charge in [-0.25, -0.2) is 0 Å². The summed E-state index contributed by atoms with van der Waals surface area (Å²) in [6.45, 7) is 4.50. The maximum atomic E-state index is 6.13. The molecule has 0 bridgehead atoms. The van der Waals surface area contributed by atoms with Gasteiger partial charge in [-0.3, -0.25) is 16.3 Å². The van der Waals surface area contributed by atoms with E-state index in [0.29, 0.717) is 5.92 Å². The molecule has 116 valence electrons. The van der Waals surface area contributed by atoms with Gasteiger partial charge >= 0.3 is 0 Å². The first-order valence-electron chi connectivity index (χ1n) is 7.83. The minimum atomic E-state index is -0.0149. The van der Waals surface area contributed by atoms with Crippen LogP contribution in [0.25, 0.3) is 0 Å². The summed E-state index contributed by atoms with van der Waals surface area (Å²) in [5.41, 5.74) is 5.24. The monoisotopic (exact) mass is 291 g/mol. The van der Waals surface area contributed by atoms with Crippen molar-refractivity contribution >= 4 is 0 Å². The zero-order chi connectivity index (χ0) is 14.7. The van der Waals surface area contributed by atoms with Crippen molar-refractivity contribution in [3.05, 3.63) is 29.6 Å². The number of hydrogen-bond donors (Lipinski definition) is 2. The van der Waals surface area contributed by atoms with Crippen LogP contribution in [0.3, 0.4) is 0 Å². The first-order chi connectivity index (χ1) is 10.2. The fourth-order valence-corrected chi connectivity index (χ4v) is 3.70. The van der Waals surface area contributed by atoms with Crippen LogP contribution in [0.15, 0.2) is 18.3 Å². The fraction of sp³-hybridized carbons (Fsp3) is 0.688. The molecule has 2 fully saturated rings. The van der Waals surface area contributed by atoms with Gasteiger partial charge < -0.3 is 9.47 Å². The molecule has 0 radical (unpaired) electrons. The number of nitrogens with two attached hydrogens (primary N) is 1. The Bertz CT molecular complexity index is 469. The van der Waals surface area contributed by atoms with Crippen molar-refractivity contribution in [3.63, 3.8) is 0 Å². The average molecular weight is 291 g/mol. The molecule has 3 N–H and O–H groups in total. The van der Waals surface area contributed by atoms with Gasteiger partial charge in [-0.2, -0.15) is 0 Å². The summed E-state index contributed by atoms with van der Waals surface area (Å²) < 4.78 is 11.6. The highest BCUT2D eigenvalue weighted by molar-refractivity contribution is 5.22. The highest BCUT2D eigenvalue weighted by atomic mass is 16.5. The molecule has 0 saturated carbocycles. The van der Waals surface area contributed by atoms with E-state index in [1.807, 2.05) is 12.3 Å². The number of rotatable bonds is 3. The van der Waals surface area contributed by atoms with Crippen LogP contribution < -0.4 is 11.3 Å². The van der Waals surface area contributed by atoms with E-state index in [1.165, 1.54) is 5.56 Å². The molecule has 0 aromatic carbocycles. The number of nitrogens with one attached hydrogen (secondary N) is 1. The largest absolute Gasteiger partial charge is 0.381 e. The summed E-state index contributed by atoms with van der Waals surface area (Å²) in [6.07, 6.45) is 5.87. The second kappa shape index (κ2) is 6.40. The van der Waals surface area contributed by atoms with Crippen molar-refractivity contribution in [1.29, 1.82) is 0 Å². The first kappa shape index (κ1) is 14.9. The van der Waals surface area contributed by atoms with Crippen molar-refractivity contribution < 1.29 is 9.47 Å². The van der Waals surface area contributed by atoms with Crippen LogP contribution in [0.5, 0.6) is 0 Å². The number of hydrogen-bond acceptors (Lipinski definition) is 5. The van der Waals surface area contributed by atoms with Crippen molar-refractivity contribution in [2.24, 2.45) is 11.8 Å². The molecule has 21 heavy (non-hydrogen) atoms. The lowest BCUT2D eigenvalue weighted by atomic mass is 9.77. The van der Waals surface area contributed by atoms with Crippen LogP contribution >= 0.6 is 0 Å². The van der Waals surface area contributed by atoms with Crippen LogP contribution in [-0.4, -0.2) is 30.4 Å². The van der Waals surface area contributed by atoms with Crippen molar-refractivity contribution in [2.75, 3.05) is 19.8 Å². The molecule has 2 unspecified atom stereocenters. The van der Waals surface area contributed by atoms with E-state index in [1.54, 1.807) is 0 Å². The predicted octanol–water partition coefficient (Wildman–Crippen LogP) is 1.87. The number of aromatic nitrogens is 1. The van der Waals surface area contributed by atoms with Crippen molar-refractivity contribution in [3.8, 4) is 0 Å². The molecular formula is C16H25N3O2. The summed E-state index contributed by atoms with van der Waals surface area (Å²) in [5, 5.41) is 0. The van der Waals surface area contributed by atoms with E-state index in [4.69, 9.17) is 15.3 Å². The zero-order valence-corrected chi connectivity index (χ0v) is 12.7. The van der Waals surface area contributed by atoms with Gasteiger partial charge in [-0.05, 0) is 50.2 Å². The van der Waals surface area contributed by atoms with Gasteiger partial charge in [-0.15, -0.1) is 0 Å². The fourth-order valence-electron chi connectivity index (χ4n) is 3.70. The molecule has 2 aliphatic rings. The molecule has 2 atom stereocenters. The van der Waals surface area contributed by atoms with Crippen molar-refractivity contribution in [2.45, 2.75) is 44.2 Å². The summed E-state index contributed by atoms with van der Waals surface area (Å²) in [6, 6.07) is 4.15. The Kier molecular flexibility index (Phi) is 4.54. The van der Waals surface area contributed by atoms with Gasteiger partial charge in [0.15, 0.2) is 0 Å². The zero-order valence-electron chi connectivity index (χ0n) is 12.7. The average Bonchev–Trinajstić information content (AvgIpc) is 2.51. The minimum Gasteiger partial charge on any atom is -0.381 e. The van der Waals surface area contributed by atoms with E-state index in [2.05, 4.69) is 23.4 Å². The van der Waals surface area contributed by atoms with Crippen LogP contribution in [-0.2, 0) is 9.47 Å². The summed E-state index contributed by atoms with van der Waals surface area (Å²) in [5.74, 6) is 6.32. The predicted molar refractivity (Wildman–Crippen MR) is 80.5 cm³/mol. The van der Waals surface area contributed by atoms with E-state index in [9.17, 15) is 0 Å². The third kappa shape index (κ3) is 3.11. The number of pyridine rings is 1. The lowest BCUT2D eigenvalue weighted by Crippen LogP contribution is -2.48. The molecule has 1 aromatic rings. The molecule has 1 aromatic heterocycles. The molecule has 5 nitrogen and oxygen atoms in total. The van der Waals surface area contributed by atoms with E-state index >= 15 is 0 Å². The smallest absolute Gasteiger partial charge is 0.0729 e. The van der Waals surface area contributed by atoms with Gasteiger partial charge in [0.05, 0.1) is 17.3 Å². The number of aryl methyl sites for hydroxylation is 1. The lowest BCUT2D eigenvalue weighted by molar-refractivity contribution is -0.150. The number of hydrazine groups is 1. The van der Waals surface area contributed by atoms with Gasteiger partial charge in [0, 0.05) is 26.0 Å². The molecule has 0 aliphatic carbocycles. The van der Waals surface area contributed by atoms with Crippen LogP contribution in [0.4, 0.5) is 0 Å². The molecule has 1 spiro atoms. The van der Waals surface area contributed by atoms with Crippen LogP contribution in [0.1, 0.15) is 43.0 Å². The molecule has 5 heteroatoms. The number of nitrogens with zero attached hydrogens (tertiary/aromatic N) is 1. The molecule has 2 saturated heterocycles. The lowest BCUT2D eigenvalue weighted by Gasteiger charge is -2.45. The highest BCUT2D eigenvalue weighted by Crippen LogP contribution is 2.41. The normalized spacial score (nSPS) is 26.7. The van der Waals surface area contributed by atoms with Gasteiger partial charge in [0.2, 0.25) is 0 Å². The Balaban J connectivity index is 1.79. The summed E-state index contributed by atoms with van der Waals surface area (Å²) in [4.78, 5) is 4.55. The van der Waals surface area contributed by atoms with Crippen molar-refractivity contribution in [1.82, 2.24) is 10.4 Å². The van der Waals surface area contributed by atoms with E-state index in [-0.39, 0.29) is 11.6 Å². The number of ether oxygens (including phenoxy) is 2. The first-order valence-corrected chi connectivity index (χ1v) is 7.83. The molecule has 3 rings (SSSR count). The molecule has 0 amide bonds. The Hall–Kier alpha value is -1.01. The van der Waals surface area contributed by atoms with E-state index in [0.717, 1.165) is 51.2 Å². The second-order valence-electron chi connectivity index (χ2n) is 6.25. The summed E-state index contributed by atoms with van der Waals surface area (Å²) >= 11 is 0. The topological polar surface area (TPSA) is 69.4 Å². The summed E-state index contributed by atoms with van der Waals surface area (Å²) in [7, 11) is 0. The maximum absolute atomic E-state index is 6.13. The molecule has 3 heterocycles. The van der Waals surface area contributed by atoms with E-state index < -0.39 is 0 Å². The highest BCUT2D eigenvalue weighted by Gasteiger charge is 2.41. The SMILES string of the molecule is Cc1cccnc1C(NN)C1CCOC2(CCOCC2)C1. The molecule has 2 aliphatic heterocycles. The van der Waals surface area contributed by atoms with Crippen LogP contribution in [0.2, 0.25) is 0 Å². The van der Waals surface area contributed by atoms with Gasteiger partial charge in [0.1, 0.15) is 0 Å². The maximum Gasteiger partial charge on any atom is 0.0729 e.